The van der Waals surface area contributed by atoms with Crippen molar-refractivity contribution in [2.75, 3.05) is 13.1 Å². The van der Waals surface area contributed by atoms with E-state index >= 15 is 0 Å². The molecule has 1 saturated carbocycles. The normalized spacial score (nSPS) is 19.2. The number of thiophene rings is 1. The van der Waals surface area contributed by atoms with Crippen LogP contribution in [0, 0.1) is 0 Å². The summed E-state index contributed by atoms with van der Waals surface area (Å²) in [5, 5.41) is 1.22. The third-order valence-electron chi connectivity index (χ3n) is 6.31. The number of carbonyl (C=O) groups excluding carboxylic acids is 1. The summed E-state index contributed by atoms with van der Waals surface area (Å²) in [5.74, 6) is 1.43. The van der Waals surface area contributed by atoms with Gasteiger partial charge in [0.2, 0.25) is 0 Å². The Balaban J connectivity index is 1.26. The van der Waals surface area contributed by atoms with Crippen molar-refractivity contribution in [1.82, 2.24) is 14.9 Å². The summed E-state index contributed by atoms with van der Waals surface area (Å²) in [6.45, 7) is 1.68. The SMILES string of the molecule is O=C(c1ccc(C2CCCC2)s1)N1CCC(c2ccnc3[nH]ccc23)CC1. The number of aromatic amines is 1. The molecule has 3 aromatic rings. The molecule has 0 aromatic carbocycles. The number of piperidine rings is 1. The van der Waals surface area contributed by atoms with Crippen LogP contribution in [0.25, 0.3) is 11.0 Å². The number of hydrogen-bond donors (Lipinski definition) is 1. The van der Waals surface area contributed by atoms with Gasteiger partial charge in [0.15, 0.2) is 0 Å². The van der Waals surface area contributed by atoms with Crippen molar-refractivity contribution in [1.29, 1.82) is 0 Å². The first kappa shape index (κ1) is 17.0. The summed E-state index contributed by atoms with van der Waals surface area (Å²) in [6, 6.07) is 8.51. The zero-order chi connectivity index (χ0) is 18.2. The smallest absolute Gasteiger partial charge is 0.263 e. The Hall–Kier alpha value is -2.14. The minimum absolute atomic E-state index is 0.226. The van der Waals surface area contributed by atoms with E-state index in [1.807, 2.05) is 12.4 Å². The Labute approximate surface area is 163 Å². The molecule has 0 spiro atoms. The third kappa shape index (κ3) is 3.18. The van der Waals surface area contributed by atoms with Gasteiger partial charge in [0, 0.05) is 35.7 Å². The molecule has 5 heteroatoms. The molecule has 27 heavy (non-hydrogen) atoms. The number of fused-ring (bicyclic) bond motifs is 1. The zero-order valence-corrected chi connectivity index (χ0v) is 16.3. The van der Waals surface area contributed by atoms with Gasteiger partial charge < -0.3 is 9.88 Å². The highest BCUT2D eigenvalue weighted by atomic mass is 32.1. The Kier molecular flexibility index (Phi) is 4.48. The zero-order valence-electron chi connectivity index (χ0n) is 15.5. The van der Waals surface area contributed by atoms with Crippen molar-refractivity contribution < 1.29 is 4.79 Å². The van der Waals surface area contributed by atoms with Crippen LogP contribution in [0.2, 0.25) is 0 Å². The second kappa shape index (κ2) is 7.12. The van der Waals surface area contributed by atoms with E-state index in [-0.39, 0.29) is 5.91 Å². The number of likely N-dealkylation sites (tertiary alicyclic amines) is 1. The molecule has 0 atom stereocenters. The standard InChI is InChI=1S/C22H25N3OS/c26-22(20-6-5-19(27-20)16-3-1-2-4-16)25-13-9-15(10-14-25)17-7-11-23-21-18(17)8-12-24-21/h5-8,11-12,15-16H,1-4,9-10,13-14H2,(H,23,24). The number of hydrogen-bond acceptors (Lipinski definition) is 3. The van der Waals surface area contributed by atoms with E-state index in [2.05, 4.69) is 39.1 Å². The number of nitrogens with zero attached hydrogens (tertiary/aromatic N) is 2. The summed E-state index contributed by atoms with van der Waals surface area (Å²) in [6.07, 6.45) is 11.2. The predicted octanol–water partition coefficient (Wildman–Crippen LogP) is 5.30. The van der Waals surface area contributed by atoms with Crippen LogP contribution >= 0.6 is 11.3 Å². The van der Waals surface area contributed by atoms with Crippen LogP contribution in [-0.2, 0) is 0 Å². The molecule has 0 radical (unpaired) electrons. The first-order valence-electron chi connectivity index (χ1n) is 10.1. The number of pyridine rings is 1. The second-order valence-corrected chi connectivity index (χ2v) is 9.01. The molecule has 1 amide bonds. The first-order valence-corrected chi connectivity index (χ1v) is 10.9. The van der Waals surface area contributed by atoms with E-state index in [1.54, 1.807) is 11.3 Å². The highest BCUT2D eigenvalue weighted by Crippen LogP contribution is 2.38. The quantitative estimate of drug-likeness (QED) is 0.671. The molecular weight excluding hydrogens is 354 g/mol. The third-order valence-corrected chi connectivity index (χ3v) is 7.55. The number of amides is 1. The van der Waals surface area contributed by atoms with Crippen LogP contribution in [0.4, 0.5) is 0 Å². The van der Waals surface area contributed by atoms with Gasteiger partial charge >= 0.3 is 0 Å². The molecule has 4 heterocycles. The molecule has 3 aromatic heterocycles. The molecule has 2 fully saturated rings. The Bertz CT molecular complexity index is 945. The summed E-state index contributed by atoms with van der Waals surface area (Å²) in [4.78, 5) is 24.9. The fourth-order valence-corrected chi connectivity index (χ4v) is 5.93. The van der Waals surface area contributed by atoms with Crippen molar-refractivity contribution >= 4 is 28.3 Å². The monoisotopic (exact) mass is 379 g/mol. The van der Waals surface area contributed by atoms with Crippen LogP contribution in [0.5, 0.6) is 0 Å². The maximum atomic E-state index is 13.0. The Morgan fingerprint density at radius 2 is 1.85 bits per heavy atom. The average molecular weight is 380 g/mol. The van der Waals surface area contributed by atoms with Gasteiger partial charge in [-0.3, -0.25) is 4.79 Å². The highest BCUT2D eigenvalue weighted by molar-refractivity contribution is 7.14. The highest BCUT2D eigenvalue weighted by Gasteiger charge is 2.27. The molecule has 1 aliphatic heterocycles. The van der Waals surface area contributed by atoms with Gasteiger partial charge in [-0.15, -0.1) is 11.3 Å². The fourth-order valence-electron chi connectivity index (χ4n) is 4.79. The molecule has 5 rings (SSSR count). The number of aromatic nitrogens is 2. The van der Waals surface area contributed by atoms with Crippen molar-refractivity contribution in [3.8, 4) is 0 Å². The van der Waals surface area contributed by atoms with Gasteiger partial charge in [0.1, 0.15) is 5.65 Å². The van der Waals surface area contributed by atoms with Crippen molar-refractivity contribution in [2.45, 2.75) is 50.4 Å². The summed E-state index contributed by atoms with van der Waals surface area (Å²) in [7, 11) is 0. The second-order valence-electron chi connectivity index (χ2n) is 7.89. The van der Waals surface area contributed by atoms with Crippen LogP contribution < -0.4 is 0 Å². The Morgan fingerprint density at radius 3 is 2.67 bits per heavy atom. The number of nitrogens with one attached hydrogen (secondary N) is 1. The molecule has 1 N–H and O–H groups in total. The maximum absolute atomic E-state index is 13.0. The largest absolute Gasteiger partial charge is 0.346 e. The predicted molar refractivity (Wildman–Crippen MR) is 110 cm³/mol. The lowest BCUT2D eigenvalue weighted by molar-refractivity contribution is 0.0718. The molecule has 140 valence electrons. The van der Waals surface area contributed by atoms with Gasteiger partial charge in [0.05, 0.1) is 4.88 Å². The van der Waals surface area contributed by atoms with Crippen LogP contribution in [0.1, 0.15) is 70.5 Å². The van der Waals surface area contributed by atoms with Crippen LogP contribution in [0.15, 0.2) is 36.7 Å². The molecule has 4 nitrogen and oxygen atoms in total. The van der Waals surface area contributed by atoms with E-state index in [9.17, 15) is 4.79 Å². The van der Waals surface area contributed by atoms with Crippen molar-refractivity contribution in [2.24, 2.45) is 0 Å². The van der Waals surface area contributed by atoms with Crippen molar-refractivity contribution in [3.05, 3.63) is 52.0 Å². The fraction of sp³-hybridized carbons (Fsp3) is 0.455. The molecular formula is C22H25N3OS. The van der Waals surface area contributed by atoms with Crippen LogP contribution in [-0.4, -0.2) is 33.9 Å². The molecule has 0 bridgehead atoms. The lowest BCUT2D eigenvalue weighted by atomic mass is 9.88. The number of carbonyl (C=O) groups is 1. The van der Waals surface area contributed by atoms with Crippen molar-refractivity contribution in [3.63, 3.8) is 0 Å². The van der Waals surface area contributed by atoms with E-state index in [4.69, 9.17) is 0 Å². The topological polar surface area (TPSA) is 49.0 Å². The van der Waals surface area contributed by atoms with Gasteiger partial charge in [-0.2, -0.15) is 0 Å². The van der Waals surface area contributed by atoms with Gasteiger partial charge in [0.25, 0.3) is 5.91 Å². The van der Waals surface area contributed by atoms with Gasteiger partial charge in [-0.05, 0) is 67.3 Å². The van der Waals surface area contributed by atoms with E-state index < -0.39 is 0 Å². The summed E-state index contributed by atoms with van der Waals surface area (Å²) in [5.41, 5.74) is 2.33. The minimum atomic E-state index is 0.226. The number of H-pyrrole nitrogens is 1. The van der Waals surface area contributed by atoms with Crippen LogP contribution in [0.3, 0.4) is 0 Å². The first-order chi connectivity index (χ1) is 13.3. The van der Waals surface area contributed by atoms with Gasteiger partial charge in [-0.25, -0.2) is 4.98 Å². The summed E-state index contributed by atoms with van der Waals surface area (Å²) < 4.78 is 0. The molecule has 2 aliphatic rings. The Morgan fingerprint density at radius 1 is 1.04 bits per heavy atom. The van der Waals surface area contributed by atoms with E-state index in [0.29, 0.717) is 11.8 Å². The molecule has 1 saturated heterocycles. The average Bonchev–Trinajstić information content (AvgIpc) is 3.48. The number of rotatable bonds is 3. The lowest BCUT2D eigenvalue weighted by Crippen LogP contribution is -2.37. The van der Waals surface area contributed by atoms with E-state index in [1.165, 1.54) is 41.5 Å². The maximum Gasteiger partial charge on any atom is 0.263 e. The minimum Gasteiger partial charge on any atom is -0.346 e. The van der Waals surface area contributed by atoms with E-state index in [0.717, 1.165) is 36.5 Å². The molecule has 1 aliphatic carbocycles. The van der Waals surface area contributed by atoms with Gasteiger partial charge in [-0.1, -0.05) is 12.8 Å². The molecule has 0 unspecified atom stereocenters. The lowest BCUT2D eigenvalue weighted by Gasteiger charge is -2.32. The summed E-state index contributed by atoms with van der Waals surface area (Å²) >= 11 is 1.73.